The van der Waals surface area contributed by atoms with Crippen molar-refractivity contribution in [2.75, 3.05) is 20.3 Å². The number of aliphatic hydroxyl groups excluding tert-OH is 1. The van der Waals surface area contributed by atoms with Crippen molar-refractivity contribution in [3.63, 3.8) is 0 Å². The fourth-order valence-corrected chi connectivity index (χ4v) is 3.71. The van der Waals surface area contributed by atoms with Crippen LogP contribution in [0.15, 0.2) is 29.2 Å². The van der Waals surface area contributed by atoms with Gasteiger partial charge in [-0.05, 0) is 43.5 Å². The maximum atomic E-state index is 12.3. The van der Waals surface area contributed by atoms with E-state index in [0.29, 0.717) is 12.2 Å². The van der Waals surface area contributed by atoms with Gasteiger partial charge in [0.05, 0.1) is 17.6 Å². The number of methoxy groups -OCH3 is 1. The molecule has 1 aliphatic carbocycles. The summed E-state index contributed by atoms with van der Waals surface area (Å²) in [6.07, 6.45) is 2.49. The molecular weight excluding hydrogens is 294 g/mol. The third-order valence-corrected chi connectivity index (χ3v) is 5.07. The largest absolute Gasteiger partial charge is 0.491 e. The molecule has 0 saturated heterocycles. The van der Waals surface area contributed by atoms with E-state index in [-0.39, 0.29) is 30.3 Å². The van der Waals surface area contributed by atoms with Crippen LogP contribution in [0.2, 0.25) is 0 Å². The van der Waals surface area contributed by atoms with Crippen LogP contribution in [-0.2, 0) is 14.8 Å². The van der Waals surface area contributed by atoms with Gasteiger partial charge in [-0.3, -0.25) is 0 Å². The van der Waals surface area contributed by atoms with Gasteiger partial charge in [0.25, 0.3) is 0 Å². The van der Waals surface area contributed by atoms with Crippen LogP contribution in [0.25, 0.3) is 0 Å². The van der Waals surface area contributed by atoms with Crippen molar-refractivity contribution in [1.82, 2.24) is 4.72 Å². The predicted octanol–water partition coefficient (Wildman–Crippen LogP) is 0.903. The monoisotopic (exact) mass is 315 g/mol. The minimum absolute atomic E-state index is 0.0785. The van der Waals surface area contributed by atoms with E-state index in [1.165, 1.54) is 12.1 Å². The Morgan fingerprint density at radius 3 is 2.57 bits per heavy atom. The van der Waals surface area contributed by atoms with Gasteiger partial charge < -0.3 is 14.6 Å². The quantitative estimate of drug-likeness (QED) is 0.781. The van der Waals surface area contributed by atoms with Crippen LogP contribution in [0.4, 0.5) is 0 Å². The number of benzene rings is 1. The van der Waals surface area contributed by atoms with Crippen LogP contribution in [-0.4, -0.2) is 46.0 Å². The van der Waals surface area contributed by atoms with Gasteiger partial charge in [-0.1, -0.05) is 0 Å². The molecule has 1 aromatic rings. The van der Waals surface area contributed by atoms with Gasteiger partial charge >= 0.3 is 0 Å². The smallest absolute Gasteiger partial charge is 0.240 e. The molecule has 1 aliphatic rings. The highest BCUT2D eigenvalue weighted by Crippen LogP contribution is 2.23. The standard InChI is InChI=1S/C14H21NO5S/c1-19-13-3-2-11(10-13)15-21(17,18)14-6-4-12(5-7-14)20-9-8-16/h4-7,11,13,15-16H,2-3,8-10H2,1H3. The predicted molar refractivity (Wildman–Crippen MR) is 77.8 cm³/mol. The molecule has 0 spiro atoms. The van der Waals surface area contributed by atoms with Crippen molar-refractivity contribution in [3.8, 4) is 5.75 Å². The zero-order valence-corrected chi connectivity index (χ0v) is 12.8. The lowest BCUT2D eigenvalue weighted by Gasteiger charge is -2.13. The molecule has 2 atom stereocenters. The second-order valence-electron chi connectivity index (χ2n) is 5.03. The first-order valence-electron chi connectivity index (χ1n) is 6.94. The molecule has 2 rings (SSSR count). The first-order chi connectivity index (χ1) is 10.0. The second-order valence-corrected chi connectivity index (χ2v) is 6.75. The molecule has 0 heterocycles. The molecule has 118 valence electrons. The van der Waals surface area contributed by atoms with Gasteiger partial charge in [0.1, 0.15) is 12.4 Å². The Balaban J connectivity index is 1.99. The van der Waals surface area contributed by atoms with E-state index >= 15 is 0 Å². The van der Waals surface area contributed by atoms with E-state index in [2.05, 4.69) is 4.72 Å². The maximum absolute atomic E-state index is 12.3. The van der Waals surface area contributed by atoms with Crippen molar-refractivity contribution in [2.24, 2.45) is 0 Å². The second kappa shape index (κ2) is 7.22. The minimum Gasteiger partial charge on any atom is -0.491 e. The number of ether oxygens (including phenoxy) is 2. The Labute approximate surface area is 125 Å². The molecular formula is C14H21NO5S. The summed E-state index contributed by atoms with van der Waals surface area (Å²) >= 11 is 0. The molecule has 7 heteroatoms. The molecule has 2 N–H and O–H groups in total. The number of nitrogens with one attached hydrogen (secondary N) is 1. The molecule has 1 aromatic carbocycles. The topological polar surface area (TPSA) is 84.9 Å². The zero-order valence-electron chi connectivity index (χ0n) is 12.0. The minimum atomic E-state index is -3.52. The van der Waals surface area contributed by atoms with Crippen LogP contribution in [0, 0.1) is 0 Å². The molecule has 21 heavy (non-hydrogen) atoms. The van der Waals surface area contributed by atoms with Crippen LogP contribution in [0.3, 0.4) is 0 Å². The van der Waals surface area contributed by atoms with E-state index in [4.69, 9.17) is 14.6 Å². The average molecular weight is 315 g/mol. The lowest BCUT2D eigenvalue weighted by atomic mass is 10.3. The number of aliphatic hydroxyl groups is 1. The molecule has 0 aromatic heterocycles. The molecule has 0 aliphatic heterocycles. The summed E-state index contributed by atoms with van der Waals surface area (Å²) in [6.45, 7) is 0.106. The first-order valence-corrected chi connectivity index (χ1v) is 8.42. The highest BCUT2D eigenvalue weighted by molar-refractivity contribution is 7.89. The van der Waals surface area contributed by atoms with Gasteiger partial charge in [-0.15, -0.1) is 0 Å². The first kappa shape index (κ1) is 16.2. The Morgan fingerprint density at radius 2 is 2.00 bits per heavy atom. The number of hydrogen-bond donors (Lipinski definition) is 2. The normalized spacial score (nSPS) is 22.4. The Morgan fingerprint density at radius 1 is 1.29 bits per heavy atom. The Bertz CT molecular complexity index is 543. The fraction of sp³-hybridized carbons (Fsp3) is 0.571. The van der Waals surface area contributed by atoms with Gasteiger partial charge in [-0.25, -0.2) is 13.1 Å². The summed E-state index contributed by atoms with van der Waals surface area (Å²) < 4.78 is 37.7. The molecule has 0 amide bonds. The molecule has 1 fully saturated rings. The zero-order chi connectivity index (χ0) is 15.3. The maximum Gasteiger partial charge on any atom is 0.240 e. The third-order valence-electron chi connectivity index (χ3n) is 3.53. The lowest BCUT2D eigenvalue weighted by molar-refractivity contribution is 0.107. The van der Waals surface area contributed by atoms with E-state index in [1.807, 2.05) is 0 Å². The molecule has 0 bridgehead atoms. The third kappa shape index (κ3) is 4.41. The van der Waals surface area contributed by atoms with E-state index in [9.17, 15) is 8.42 Å². The van der Waals surface area contributed by atoms with Crippen molar-refractivity contribution in [2.45, 2.75) is 36.3 Å². The number of sulfonamides is 1. The van der Waals surface area contributed by atoms with Crippen molar-refractivity contribution in [3.05, 3.63) is 24.3 Å². The van der Waals surface area contributed by atoms with Crippen LogP contribution >= 0.6 is 0 Å². The summed E-state index contributed by atoms with van der Waals surface area (Å²) in [5, 5.41) is 8.67. The SMILES string of the molecule is COC1CCC(NS(=O)(=O)c2ccc(OCCO)cc2)C1. The van der Waals surface area contributed by atoms with Gasteiger partial charge in [0.2, 0.25) is 10.0 Å². The Kier molecular flexibility index (Phi) is 5.58. The summed E-state index contributed by atoms with van der Waals surface area (Å²) in [7, 11) is -1.88. The fourth-order valence-electron chi connectivity index (χ4n) is 2.43. The molecule has 1 saturated carbocycles. The summed E-state index contributed by atoms with van der Waals surface area (Å²) in [4.78, 5) is 0.208. The highest BCUT2D eigenvalue weighted by atomic mass is 32.2. The van der Waals surface area contributed by atoms with Gasteiger partial charge in [-0.2, -0.15) is 0 Å². The van der Waals surface area contributed by atoms with Crippen molar-refractivity contribution in [1.29, 1.82) is 0 Å². The molecule has 0 radical (unpaired) electrons. The number of rotatable bonds is 7. The van der Waals surface area contributed by atoms with Crippen LogP contribution in [0.1, 0.15) is 19.3 Å². The summed E-state index contributed by atoms with van der Waals surface area (Å²) in [6, 6.07) is 6.08. The van der Waals surface area contributed by atoms with E-state index < -0.39 is 10.0 Å². The summed E-state index contributed by atoms with van der Waals surface area (Å²) in [5.41, 5.74) is 0. The van der Waals surface area contributed by atoms with Gasteiger partial charge in [0.15, 0.2) is 0 Å². The van der Waals surface area contributed by atoms with Gasteiger partial charge in [0, 0.05) is 13.2 Å². The number of hydrogen-bond acceptors (Lipinski definition) is 5. The highest BCUT2D eigenvalue weighted by Gasteiger charge is 2.28. The van der Waals surface area contributed by atoms with Crippen molar-refractivity contribution < 1.29 is 23.0 Å². The van der Waals surface area contributed by atoms with Crippen LogP contribution < -0.4 is 9.46 Å². The van der Waals surface area contributed by atoms with Crippen LogP contribution in [0.5, 0.6) is 5.75 Å². The van der Waals surface area contributed by atoms with E-state index in [0.717, 1.165) is 12.8 Å². The van der Waals surface area contributed by atoms with E-state index in [1.54, 1.807) is 19.2 Å². The average Bonchev–Trinajstić information content (AvgIpc) is 2.92. The summed E-state index contributed by atoms with van der Waals surface area (Å²) in [5.74, 6) is 0.531. The Hall–Kier alpha value is -1.15. The molecule has 2 unspecified atom stereocenters. The lowest BCUT2D eigenvalue weighted by Crippen LogP contribution is -2.33. The van der Waals surface area contributed by atoms with Crippen molar-refractivity contribution >= 4 is 10.0 Å². The molecule has 6 nitrogen and oxygen atoms in total.